The summed E-state index contributed by atoms with van der Waals surface area (Å²) >= 11 is 0. The van der Waals surface area contributed by atoms with Crippen LogP contribution in [0.2, 0.25) is 0 Å². The van der Waals surface area contributed by atoms with E-state index < -0.39 is 5.97 Å². The van der Waals surface area contributed by atoms with E-state index in [1.54, 1.807) is 24.3 Å². The molecule has 1 saturated carbocycles. The molecule has 0 aliphatic heterocycles. The van der Waals surface area contributed by atoms with Crippen molar-refractivity contribution in [2.24, 2.45) is 11.8 Å². The quantitative estimate of drug-likeness (QED) is 0.174. The standard InChI is InChI=1S/C29H31O5.Y/c1-3-32-28-16-15-23(17-21-9-7-12-24(18-21)31-2)27(28)20-33-25-13-8-14-26(19-25)34-29(30)22-10-5-4-6-11-22;/h4-14,18-19,23,27-28H,2-3,15-17,20H2,1H3;/q-1;/t23-,27-,28?;/m1./s1. The molecule has 0 amide bonds. The molecule has 3 aromatic carbocycles. The van der Waals surface area contributed by atoms with E-state index >= 15 is 0 Å². The van der Waals surface area contributed by atoms with E-state index in [-0.39, 0.29) is 44.7 Å². The van der Waals surface area contributed by atoms with Gasteiger partial charge < -0.3 is 18.9 Å². The molecule has 1 aliphatic rings. The van der Waals surface area contributed by atoms with E-state index in [9.17, 15) is 4.79 Å². The fraction of sp³-hybridized carbons (Fsp3) is 0.310. The van der Waals surface area contributed by atoms with Gasteiger partial charge in [-0.2, -0.15) is 7.11 Å². The van der Waals surface area contributed by atoms with Gasteiger partial charge in [-0.05, 0) is 74.1 Å². The Morgan fingerprint density at radius 3 is 2.43 bits per heavy atom. The van der Waals surface area contributed by atoms with E-state index in [2.05, 4.69) is 13.2 Å². The minimum absolute atomic E-state index is 0. The minimum atomic E-state index is -0.390. The second-order valence-electron chi connectivity index (χ2n) is 8.53. The number of benzene rings is 3. The van der Waals surface area contributed by atoms with Crippen molar-refractivity contribution in [2.45, 2.75) is 32.3 Å². The van der Waals surface area contributed by atoms with Gasteiger partial charge in [0, 0.05) is 51.3 Å². The van der Waals surface area contributed by atoms with Gasteiger partial charge in [-0.15, -0.1) is 0 Å². The van der Waals surface area contributed by atoms with Crippen molar-refractivity contribution in [1.29, 1.82) is 0 Å². The number of hydrogen-bond acceptors (Lipinski definition) is 5. The van der Waals surface area contributed by atoms with Gasteiger partial charge in [0.05, 0.1) is 24.0 Å². The van der Waals surface area contributed by atoms with Crippen molar-refractivity contribution in [1.82, 2.24) is 0 Å². The molecule has 0 saturated heterocycles. The van der Waals surface area contributed by atoms with E-state index in [1.165, 1.54) is 5.56 Å². The summed E-state index contributed by atoms with van der Waals surface area (Å²) in [4.78, 5) is 12.4. The number of hydrogen-bond donors (Lipinski definition) is 0. The van der Waals surface area contributed by atoms with Crippen molar-refractivity contribution in [2.75, 3.05) is 13.2 Å². The summed E-state index contributed by atoms with van der Waals surface area (Å²) in [6.07, 6.45) is 3.21. The maximum absolute atomic E-state index is 12.4. The first-order chi connectivity index (χ1) is 16.7. The van der Waals surface area contributed by atoms with Crippen molar-refractivity contribution in [3.05, 3.63) is 97.1 Å². The van der Waals surface area contributed by atoms with Crippen molar-refractivity contribution < 1.29 is 56.5 Å². The van der Waals surface area contributed by atoms with Gasteiger partial charge in [0.2, 0.25) is 0 Å². The normalized spacial score (nSPS) is 19.0. The van der Waals surface area contributed by atoms with Crippen LogP contribution in [0.5, 0.6) is 17.2 Å². The van der Waals surface area contributed by atoms with Crippen LogP contribution in [0, 0.1) is 18.9 Å². The van der Waals surface area contributed by atoms with Crippen LogP contribution in [-0.2, 0) is 43.9 Å². The van der Waals surface area contributed by atoms with Crippen molar-refractivity contribution in [3.63, 3.8) is 0 Å². The molecule has 3 aromatic rings. The Morgan fingerprint density at radius 1 is 0.914 bits per heavy atom. The summed E-state index contributed by atoms with van der Waals surface area (Å²) in [7, 11) is 3.51. The average Bonchev–Trinajstić information content (AvgIpc) is 3.24. The monoisotopic (exact) mass is 548 g/mol. The molecule has 4 rings (SSSR count). The zero-order valence-electron chi connectivity index (χ0n) is 20.1. The number of carbonyl (C=O) groups is 1. The Kier molecular flexibility index (Phi) is 10.8. The van der Waals surface area contributed by atoms with Crippen LogP contribution in [-0.4, -0.2) is 25.3 Å². The Balaban J connectivity index is 0.00000342. The molecule has 0 spiro atoms. The van der Waals surface area contributed by atoms with Crippen LogP contribution in [0.4, 0.5) is 0 Å². The molecule has 35 heavy (non-hydrogen) atoms. The molecule has 1 unspecified atom stereocenters. The zero-order valence-corrected chi connectivity index (χ0v) is 22.9. The molecular weight excluding hydrogens is 517 g/mol. The predicted molar refractivity (Wildman–Crippen MR) is 131 cm³/mol. The summed E-state index contributed by atoms with van der Waals surface area (Å²) in [5, 5.41) is 0. The minimum Gasteiger partial charge on any atom is -0.665 e. The fourth-order valence-corrected chi connectivity index (χ4v) is 4.65. The Morgan fingerprint density at radius 2 is 1.66 bits per heavy atom. The first-order valence-electron chi connectivity index (χ1n) is 11.8. The Labute approximate surface area is 233 Å². The largest absolute Gasteiger partial charge is 0.665 e. The zero-order chi connectivity index (χ0) is 23.8. The van der Waals surface area contributed by atoms with Crippen LogP contribution in [0.25, 0.3) is 0 Å². The van der Waals surface area contributed by atoms with Gasteiger partial charge in [-0.25, -0.2) is 4.79 Å². The predicted octanol–water partition coefficient (Wildman–Crippen LogP) is 6.13. The van der Waals surface area contributed by atoms with Gasteiger partial charge in [0.1, 0.15) is 11.5 Å². The third kappa shape index (κ3) is 7.64. The van der Waals surface area contributed by atoms with Gasteiger partial charge >= 0.3 is 5.97 Å². The molecule has 5 nitrogen and oxygen atoms in total. The van der Waals surface area contributed by atoms with Crippen molar-refractivity contribution in [3.8, 4) is 17.2 Å². The summed E-state index contributed by atoms with van der Waals surface area (Å²) in [5.74, 6) is 2.22. The molecular formula is C29H31O5Y-. The SMILES string of the molecule is [CH2-]Oc1cccc(C[C@H]2CCC(OCC)[C@@H]2COc2cccc(OC(=O)c3ccccc3)c2)c1.[Y]. The van der Waals surface area contributed by atoms with Gasteiger partial charge in [0.15, 0.2) is 0 Å². The number of rotatable bonds is 10. The van der Waals surface area contributed by atoms with Gasteiger partial charge in [-0.1, -0.05) is 36.4 Å². The van der Waals surface area contributed by atoms with E-state index in [0.29, 0.717) is 36.2 Å². The molecule has 0 N–H and O–H groups in total. The summed E-state index contributed by atoms with van der Waals surface area (Å²) in [6, 6.07) is 24.3. The van der Waals surface area contributed by atoms with Crippen LogP contribution < -0.4 is 14.2 Å². The molecule has 0 heterocycles. The molecule has 6 heteroatoms. The second kappa shape index (κ2) is 13.8. The van der Waals surface area contributed by atoms with Gasteiger partial charge in [0.25, 0.3) is 0 Å². The summed E-state index contributed by atoms with van der Waals surface area (Å²) < 4.78 is 22.9. The number of esters is 1. The van der Waals surface area contributed by atoms with E-state index in [1.807, 2.05) is 55.5 Å². The third-order valence-electron chi connectivity index (χ3n) is 6.32. The topological polar surface area (TPSA) is 54.0 Å². The maximum Gasteiger partial charge on any atom is 0.343 e. The maximum atomic E-state index is 12.4. The van der Waals surface area contributed by atoms with Crippen LogP contribution in [0.3, 0.4) is 0 Å². The number of carbonyl (C=O) groups excluding carboxylic acids is 1. The molecule has 1 fully saturated rings. The Hall–Kier alpha value is -2.21. The fourth-order valence-electron chi connectivity index (χ4n) is 4.65. The first-order valence-corrected chi connectivity index (χ1v) is 11.8. The average molecular weight is 548 g/mol. The van der Waals surface area contributed by atoms with Crippen LogP contribution in [0.1, 0.15) is 35.7 Å². The van der Waals surface area contributed by atoms with E-state index in [0.717, 1.165) is 25.0 Å². The van der Waals surface area contributed by atoms with Gasteiger partial charge in [-0.3, -0.25) is 0 Å². The summed E-state index contributed by atoms with van der Waals surface area (Å²) in [5.41, 5.74) is 1.73. The molecule has 3 atom stereocenters. The second-order valence-corrected chi connectivity index (χ2v) is 8.53. The molecule has 1 radical (unpaired) electrons. The molecule has 1 aliphatic carbocycles. The summed E-state index contributed by atoms with van der Waals surface area (Å²) in [6.45, 7) is 3.26. The van der Waals surface area contributed by atoms with Crippen molar-refractivity contribution >= 4 is 5.97 Å². The molecule has 181 valence electrons. The number of ether oxygens (including phenoxy) is 4. The Bertz CT molecular complexity index is 1070. The molecule has 0 bridgehead atoms. The first kappa shape index (κ1) is 27.4. The van der Waals surface area contributed by atoms with Crippen LogP contribution >= 0.6 is 0 Å². The van der Waals surface area contributed by atoms with E-state index in [4.69, 9.17) is 18.9 Å². The van der Waals surface area contributed by atoms with Crippen LogP contribution in [0.15, 0.2) is 78.9 Å². The molecule has 0 aromatic heterocycles. The smallest absolute Gasteiger partial charge is 0.343 e. The third-order valence-corrected chi connectivity index (χ3v) is 6.32.